The monoisotopic (exact) mass is 306 g/mol. The number of methoxy groups -OCH3 is 1. The van der Waals surface area contributed by atoms with E-state index < -0.39 is 10.0 Å². The third-order valence-corrected chi connectivity index (χ3v) is 4.10. The number of nitrogens with one attached hydrogen (secondary N) is 1. The molecule has 1 rings (SSSR count). The number of sulfonamides is 1. The van der Waals surface area contributed by atoms with Crippen LogP contribution in [0.2, 0.25) is 5.02 Å². The van der Waals surface area contributed by atoms with Crippen molar-refractivity contribution in [1.29, 1.82) is 0 Å². The number of hydrogen-bond donors (Lipinski definition) is 2. The fourth-order valence-corrected chi connectivity index (χ4v) is 2.14. The minimum atomic E-state index is -3.72. The van der Waals surface area contributed by atoms with Crippen LogP contribution >= 0.6 is 11.6 Å². The van der Waals surface area contributed by atoms with Crippen LogP contribution in [0.3, 0.4) is 0 Å². The molecule has 0 heterocycles. The number of hydrogen-bond acceptors (Lipinski definition) is 4. The van der Waals surface area contributed by atoms with Gasteiger partial charge in [0, 0.05) is 13.7 Å². The fourth-order valence-electron chi connectivity index (χ4n) is 1.42. The van der Waals surface area contributed by atoms with E-state index in [1.165, 1.54) is 18.2 Å². The largest absolute Gasteiger partial charge is 0.384 e. The molecule has 108 valence electrons. The third-order valence-electron chi connectivity index (χ3n) is 2.86. The number of anilines is 1. The summed E-state index contributed by atoms with van der Waals surface area (Å²) in [6.45, 7) is 4.54. The number of rotatable bonds is 6. The summed E-state index contributed by atoms with van der Waals surface area (Å²) in [4.78, 5) is 0.0328. The van der Waals surface area contributed by atoms with Crippen molar-refractivity contribution in [3.63, 3.8) is 0 Å². The topological polar surface area (TPSA) is 81.4 Å². The van der Waals surface area contributed by atoms with Crippen LogP contribution in [0, 0.1) is 0 Å². The minimum absolute atomic E-state index is 0.0328. The molecule has 0 aliphatic rings. The molecule has 0 aliphatic heterocycles. The second-order valence-electron chi connectivity index (χ2n) is 4.83. The second kappa shape index (κ2) is 6.09. The highest BCUT2D eigenvalue weighted by Gasteiger charge is 2.16. The lowest BCUT2D eigenvalue weighted by molar-refractivity contribution is 0.0185. The van der Waals surface area contributed by atoms with E-state index in [0.29, 0.717) is 17.3 Å². The van der Waals surface area contributed by atoms with E-state index in [-0.39, 0.29) is 10.5 Å². The molecule has 0 saturated heterocycles. The molecular formula is C12H19ClN2O3S. The van der Waals surface area contributed by atoms with Gasteiger partial charge in [0.05, 0.1) is 21.2 Å². The molecule has 0 fully saturated rings. The predicted octanol–water partition coefficient (Wildman–Crippen LogP) is 2.21. The van der Waals surface area contributed by atoms with Crippen LogP contribution in [0.15, 0.2) is 23.1 Å². The summed E-state index contributed by atoms with van der Waals surface area (Å²) < 4.78 is 27.8. The molecule has 0 aliphatic carbocycles. The average Bonchev–Trinajstić information content (AvgIpc) is 2.30. The zero-order valence-electron chi connectivity index (χ0n) is 11.2. The van der Waals surface area contributed by atoms with Crippen LogP contribution in [-0.4, -0.2) is 27.7 Å². The molecule has 0 saturated carbocycles. The molecule has 0 spiro atoms. The van der Waals surface area contributed by atoms with Crippen LogP contribution in [0.25, 0.3) is 0 Å². The summed E-state index contributed by atoms with van der Waals surface area (Å²) in [6, 6.07) is 4.31. The number of primary sulfonamides is 1. The van der Waals surface area contributed by atoms with E-state index in [9.17, 15) is 8.42 Å². The van der Waals surface area contributed by atoms with Crippen LogP contribution in [-0.2, 0) is 14.8 Å². The summed E-state index contributed by atoms with van der Waals surface area (Å²) >= 11 is 6.00. The summed E-state index contributed by atoms with van der Waals surface area (Å²) in [5, 5.41) is 8.61. The SMILES string of the molecule is COC(C)(C)CCNc1cc(S(N)(=O)=O)ccc1Cl. The fraction of sp³-hybridized carbons (Fsp3) is 0.500. The Labute approximate surface area is 119 Å². The molecule has 1 aromatic rings. The van der Waals surface area contributed by atoms with E-state index in [2.05, 4.69) is 5.32 Å². The molecule has 7 heteroatoms. The van der Waals surface area contributed by atoms with Crippen LogP contribution in [0.1, 0.15) is 20.3 Å². The van der Waals surface area contributed by atoms with Gasteiger partial charge in [-0.1, -0.05) is 11.6 Å². The zero-order chi connectivity index (χ0) is 14.7. The quantitative estimate of drug-likeness (QED) is 0.844. The number of halogens is 1. The van der Waals surface area contributed by atoms with Crippen molar-refractivity contribution < 1.29 is 13.2 Å². The maximum Gasteiger partial charge on any atom is 0.238 e. The van der Waals surface area contributed by atoms with Crippen molar-refractivity contribution >= 4 is 27.3 Å². The first kappa shape index (κ1) is 16.2. The Morgan fingerprint density at radius 1 is 1.42 bits per heavy atom. The van der Waals surface area contributed by atoms with E-state index in [4.69, 9.17) is 21.5 Å². The molecule has 1 aromatic carbocycles. The van der Waals surface area contributed by atoms with Gasteiger partial charge in [0.15, 0.2) is 0 Å². The van der Waals surface area contributed by atoms with Gasteiger partial charge in [-0.2, -0.15) is 0 Å². The van der Waals surface area contributed by atoms with Crippen LogP contribution in [0.5, 0.6) is 0 Å². The van der Waals surface area contributed by atoms with E-state index in [0.717, 1.165) is 6.42 Å². The molecule has 3 N–H and O–H groups in total. The molecule has 0 unspecified atom stereocenters. The number of nitrogens with two attached hydrogens (primary N) is 1. The van der Waals surface area contributed by atoms with Crippen molar-refractivity contribution in [1.82, 2.24) is 0 Å². The predicted molar refractivity (Wildman–Crippen MR) is 77.0 cm³/mol. The highest BCUT2D eigenvalue weighted by Crippen LogP contribution is 2.25. The van der Waals surface area contributed by atoms with Crippen LogP contribution in [0.4, 0.5) is 5.69 Å². The Morgan fingerprint density at radius 3 is 2.58 bits per heavy atom. The second-order valence-corrected chi connectivity index (χ2v) is 6.80. The highest BCUT2D eigenvalue weighted by molar-refractivity contribution is 7.89. The Hall–Kier alpha value is -0.820. The van der Waals surface area contributed by atoms with Crippen molar-refractivity contribution in [3.05, 3.63) is 23.2 Å². The van der Waals surface area contributed by atoms with Gasteiger partial charge in [-0.15, -0.1) is 0 Å². The normalized spacial score (nSPS) is 12.5. The molecule has 0 aromatic heterocycles. The molecule has 0 amide bonds. The van der Waals surface area contributed by atoms with Gasteiger partial charge in [-0.3, -0.25) is 0 Å². The van der Waals surface area contributed by atoms with Gasteiger partial charge in [-0.25, -0.2) is 13.6 Å². The number of ether oxygens (including phenoxy) is 1. The van der Waals surface area contributed by atoms with Crippen molar-refractivity contribution in [2.24, 2.45) is 5.14 Å². The Morgan fingerprint density at radius 2 is 2.05 bits per heavy atom. The molecule has 19 heavy (non-hydrogen) atoms. The first-order valence-electron chi connectivity index (χ1n) is 5.77. The maximum atomic E-state index is 11.3. The summed E-state index contributed by atoms with van der Waals surface area (Å²) in [7, 11) is -2.08. The molecule has 5 nitrogen and oxygen atoms in total. The Bertz CT molecular complexity index is 544. The van der Waals surface area contributed by atoms with Crippen molar-refractivity contribution in [2.45, 2.75) is 30.8 Å². The van der Waals surface area contributed by atoms with E-state index >= 15 is 0 Å². The van der Waals surface area contributed by atoms with Gasteiger partial charge in [0.1, 0.15) is 0 Å². The van der Waals surface area contributed by atoms with Crippen molar-refractivity contribution in [2.75, 3.05) is 19.0 Å². The standard InChI is InChI=1S/C12H19ClN2O3S/c1-12(2,18-3)6-7-15-11-8-9(19(14,16)17)4-5-10(11)13/h4-5,8,15H,6-7H2,1-3H3,(H2,14,16,17). The van der Waals surface area contributed by atoms with Crippen LogP contribution < -0.4 is 10.5 Å². The van der Waals surface area contributed by atoms with Gasteiger partial charge in [-0.05, 0) is 38.5 Å². The smallest absolute Gasteiger partial charge is 0.238 e. The lowest BCUT2D eigenvalue weighted by Crippen LogP contribution is -2.25. The third kappa shape index (κ3) is 4.99. The summed E-state index contributed by atoms with van der Waals surface area (Å²) in [5.74, 6) is 0. The first-order valence-corrected chi connectivity index (χ1v) is 7.69. The average molecular weight is 307 g/mol. The molecular weight excluding hydrogens is 288 g/mol. The maximum absolute atomic E-state index is 11.3. The lowest BCUT2D eigenvalue weighted by atomic mass is 10.1. The molecule has 0 radical (unpaired) electrons. The summed E-state index contributed by atoms with van der Waals surface area (Å²) in [5.41, 5.74) is 0.289. The van der Waals surface area contributed by atoms with Crippen molar-refractivity contribution in [3.8, 4) is 0 Å². The van der Waals surface area contributed by atoms with E-state index in [1.807, 2.05) is 13.8 Å². The lowest BCUT2D eigenvalue weighted by Gasteiger charge is -2.23. The van der Waals surface area contributed by atoms with Gasteiger partial charge in [0.25, 0.3) is 0 Å². The van der Waals surface area contributed by atoms with Gasteiger partial charge in [0.2, 0.25) is 10.0 Å². The minimum Gasteiger partial charge on any atom is -0.384 e. The number of benzene rings is 1. The summed E-state index contributed by atoms with van der Waals surface area (Å²) in [6.07, 6.45) is 0.749. The van der Waals surface area contributed by atoms with Gasteiger partial charge >= 0.3 is 0 Å². The van der Waals surface area contributed by atoms with Gasteiger partial charge < -0.3 is 10.1 Å². The first-order chi connectivity index (χ1) is 8.65. The molecule has 0 bridgehead atoms. The Balaban J connectivity index is 2.79. The van der Waals surface area contributed by atoms with E-state index in [1.54, 1.807) is 7.11 Å². The zero-order valence-corrected chi connectivity index (χ0v) is 12.8. The Kier molecular flexibility index (Phi) is 5.20. The highest BCUT2D eigenvalue weighted by atomic mass is 35.5. The molecule has 0 atom stereocenters.